The minimum atomic E-state index is -0.204. The van der Waals surface area contributed by atoms with Crippen LogP contribution in [0.5, 0.6) is 0 Å². The standard InChI is InChI=1S/C19H15N3OS/c23-18-17-10-14-13-8-4-5-9-15(13)20-16(14)11-21(17)19(24)22(18)12-6-2-1-3-7-12/h1-9,17,20H,10-11H2/t17-/m0/s1. The molecule has 118 valence electrons. The van der Waals surface area contributed by atoms with E-state index in [4.69, 9.17) is 12.2 Å². The van der Waals surface area contributed by atoms with Crippen LogP contribution >= 0.6 is 12.2 Å². The summed E-state index contributed by atoms with van der Waals surface area (Å²) < 4.78 is 0. The predicted molar refractivity (Wildman–Crippen MR) is 97.9 cm³/mol. The molecule has 3 aromatic rings. The minimum absolute atomic E-state index is 0.0714. The monoisotopic (exact) mass is 333 g/mol. The van der Waals surface area contributed by atoms with E-state index in [0.29, 0.717) is 18.1 Å². The highest BCUT2D eigenvalue weighted by atomic mass is 32.1. The maximum atomic E-state index is 13.0. The number of H-pyrrole nitrogens is 1. The van der Waals surface area contributed by atoms with Gasteiger partial charge in [-0.3, -0.25) is 9.69 Å². The molecule has 0 saturated carbocycles. The summed E-state index contributed by atoms with van der Waals surface area (Å²) in [5.41, 5.74) is 4.38. The zero-order valence-corrected chi connectivity index (χ0v) is 13.7. The second-order valence-electron chi connectivity index (χ2n) is 6.27. The number of carbonyl (C=O) groups excluding carboxylic acids is 1. The zero-order chi connectivity index (χ0) is 16.3. The summed E-state index contributed by atoms with van der Waals surface area (Å²) in [6.45, 7) is 0.655. The van der Waals surface area contributed by atoms with Gasteiger partial charge in [-0.1, -0.05) is 36.4 Å². The molecule has 2 aliphatic rings. The highest BCUT2D eigenvalue weighted by Gasteiger charge is 2.46. The number of para-hydroxylation sites is 2. The number of fused-ring (bicyclic) bond motifs is 4. The van der Waals surface area contributed by atoms with Gasteiger partial charge in [-0.25, -0.2) is 0 Å². The lowest BCUT2D eigenvalue weighted by atomic mass is 9.97. The van der Waals surface area contributed by atoms with Gasteiger partial charge in [0.05, 0.1) is 12.2 Å². The summed E-state index contributed by atoms with van der Waals surface area (Å²) in [4.78, 5) is 20.2. The van der Waals surface area contributed by atoms with E-state index in [1.807, 2.05) is 47.4 Å². The Bertz CT molecular complexity index is 979. The molecule has 1 saturated heterocycles. The number of aromatic nitrogens is 1. The van der Waals surface area contributed by atoms with Crippen LogP contribution in [-0.4, -0.2) is 26.9 Å². The third-order valence-electron chi connectivity index (χ3n) is 4.96. The number of benzene rings is 2. The van der Waals surface area contributed by atoms with Crippen molar-refractivity contribution in [2.75, 3.05) is 4.90 Å². The van der Waals surface area contributed by atoms with Crippen LogP contribution in [0.4, 0.5) is 5.69 Å². The SMILES string of the molecule is O=C1[C@@H]2Cc3c([nH]c4ccccc34)CN2C(=S)N1c1ccccc1. The first kappa shape index (κ1) is 13.7. The van der Waals surface area contributed by atoms with Gasteiger partial charge in [0, 0.05) is 23.0 Å². The number of nitrogens with zero attached hydrogens (tertiary/aromatic N) is 2. The Kier molecular flexibility index (Phi) is 2.82. The van der Waals surface area contributed by atoms with Gasteiger partial charge in [0.25, 0.3) is 5.91 Å². The molecule has 5 heteroatoms. The fourth-order valence-electron chi connectivity index (χ4n) is 3.82. The molecular formula is C19H15N3OS. The molecule has 0 unspecified atom stereocenters. The van der Waals surface area contributed by atoms with Crippen molar-refractivity contribution in [1.82, 2.24) is 9.88 Å². The van der Waals surface area contributed by atoms with Gasteiger partial charge >= 0.3 is 0 Å². The van der Waals surface area contributed by atoms with E-state index in [-0.39, 0.29) is 11.9 Å². The van der Waals surface area contributed by atoms with E-state index in [2.05, 4.69) is 17.1 Å². The van der Waals surface area contributed by atoms with Crippen molar-refractivity contribution >= 4 is 39.8 Å². The molecule has 0 radical (unpaired) electrons. The van der Waals surface area contributed by atoms with Crippen LogP contribution in [0.2, 0.25) is 0 Å². The van der Waals surface area contributed by atoms with Crippen LogP contribution in [-0.2, 0) is 17.8 Å². The lowest BCUT2D eigenvalue weighted by Crippen LogP contribution is -2.39. The van der Waals surface area contributed by atoms with Gasteiger partial charge in [0.1, 0.15) is 6.04 Å². The number of carbonyl (C=O) groups is 1. The molecule has 0 spiro atoms. The van der Waals surface area contributed by atoms with Crippen LogP contribution in [0.25, 0.3) is 10.9 Å². The molecule has 2 aliphatic heterocycles. The summed E-state index contributed by atoms with van der Waals surface area (Å²) in [5, 5.41) is 1.81. The van der Waals surface area contributed by atoms with Crippen LogP contribution in [0, 0.1) is 0 Å². The Balaban J connectivity index is 1.58. The fraction of sp³-hybridized carbons (Fsp3) is 0.158. The Hall–Kier alpha value is -2.66. The smallest absolute Gasteiger partial charge is 0.256 e. The molecule has 0 aliphatic carbocycles. The molecule has 1 fully saturated rings. The van der Waals surface area contributed by atoms with Crippen LogP contribution in [0.1, 0.15) is 11.3 Å². The van der Waals surface area contributed by atoms with E-state index < -0.39 is 0 Å². The number of hydrogen-bond acceptors (Lipinski definition) is 2. The lowest BCUT2D eigenvalue weighted by Gasteiger charge is -2.28. The van der Waals surface area contributed by atoms with Crippen molar-refractivity contribution in [3.8, 4) is 0 Å². The van der Waals surface area contributed by atoms with E-state index in [9.17, 15) is 4.79 Å². The number of rotatable bonds is 1. The molecule has 1 atom stereocenters. The molecule has 0 bridgehead atoms. The van der Waals surface area contributed by atoms with Gasteiger partial charge in [-0.2, -0.15) is 0 Å². The average molecular weight is 333 g/mol. The quantitative estimate of drug-likeness (QED) is 0.695. The molecule has 24 heavy (non-hydrogen) atoms. The number of hydrogen-bond donors (Lipinski definition) is 1. The van der Waals surface area contributed by atoms with E-state index in [1.165, 1.54) is 10.9 Å². The molecule has 1 amide bonds. The summed E-state index contributed by atoms with van der Waals surface area (Å²) in [6.07, 6.45) is 0.696. The van der Waals surface area contributed by atoms with Gasteiger partial charge in [-0.05, 0) is 36.0 Å². The normalized spacial score (nSPS) is 19.8. The molecule has 1 aromatic heterocycles. The highest BCUT2D eigenvalue weighted by molar-refractivity contribution is 7.80. The minimum Gasteiger partial charge on any atom is -0.357 e. The number of thiocarbonyl (C=S) groups is 1. The van der Waals surface area contributed by atoms with E-state index >= 15 is 0 Å². The molecule has 5 rings (SSSR count). The Morgan fingerprint density at radius 1 is 1.04 bits per heavy atom. The van der Waals surface area contributed by atoms with Crippen molar-refractivity contribution in [3.05, 3.63) is 65.9 Å². The first-order chi connectivity index (χ1) is 11.7. The van der Waals surface area contributed by atoms with Crippen molar-refractivity contribution in [1.29, 1.82) is 0 Å². The highest BCUT2D eigenvalue weighted by Crippen LogP contribution is 2.35. The average Bonchev–Trinajstić information content (AvgIpc) is 3.10. The lowest BCUT2D eigenvalue weighted by molar-refractivity contribution is -0.119. The second-order valence-corrected chi connectivity index (χ2v) is 6.63. The van der Waals surface area contributed by atoms with Crippen molar-refractivity contribution in [2.24, 2.45) is 0 Å². The molecular weight excluding hydrogens is 318 g/mol. The van der Waals surface area contributed by atoms with Crippen molar-refractivity contribution in [2.45, 2.75) is 19.0 Å². The molecule has 2 aromatic carbocycles. The predicted octanol–water partition coefficient (Wildman–Crippen LogP) is 3.23. The number of amides is 1. The molecule has 3 heterocycles. The maximum Gasteiger partial charge on any atom is 0.256 e. The third-order valence-corrected chi connectivity index (χ3v) is 5.38. The first-order valence-electron chi connectivity index (χ1n) is 8.02. The zero-order valence-electron chi connectivity index (χ0n) is 12.9. The van der Waals surface area contributed by atoms with Crippen molar-refractivity contribution in [3.63, 3.8) is 0 Å². The largest absolute Gasteiger partial charge is 0.357 e. The number of nitrogens with one attached hydrogen (secondary N) is 1. The van der Waals surface area contributed by atoms with Crippen LogP contribution in [0.15, 0.2) is 54.6 Å². The number of anilines is 1. The summed E-state index contributed by atoms with van der Waals surface area (Å²) in [5.74, 6) is 0.0714. The Morgan fingerprint density at radius 2 is 1.79 bits per heavy atom. The Labute approximate surface area is 144 Å². The summed E-state index contributed by atoms with van der Waals surface area (Å²) in [7, 11) is 0. The first-order valence-corrected chi connectivity index (χ1v) is 8.43. The second kappa shape index (κ2) is 4.92. The van der Waals surface area contributed by atoms with Crippen LogP contribution < -0.4 is 4.90 Å². The Morgan fingerprint density at radius 3 is 2.62 bits per heavy atom. The topological polar surface area (TPSA) is 39.3 Å². The van der Waals surface area contributed by atoms with E-state index in [1.54, 1.807) is 4.90 Å². The van der Waals surface area contributed by atoms with Gasteiger partial charge in [0.2, 0.25) is 0 Å². The molecule has 1 N–H and O–H groups in total. The summed E-state index contributed by atoms with van der Waals surface area (Å²) >= 11 is 5.62. The third kappa shape index (κ3) is 1.79. The van der Waals surface area contributed by atoms with Gasteiger partial charge in [-0.15, -0.1) is 0 Å². The summed E-state index contributed by atoms with van der Waals surface area (Å²) in [6, 6.07) is 17.7. The maximum absolute atomic E-state index is 13.0. The molecule has 4 nitrogen and oxygen atoms in total. The van der Waals surface area contributed by atoms with Crippen LogP contribution in [0.3, 0.4) is 0 Å². The fourth-order valence-corrected chi connectivity index (χ4v) is 4.20. The van der Waals surface area contributed by atoms with E-state index in [0.717, 1.165) is 16.9 Å². The van der Waals surface area contributed by atoms with Crippen molar-refractivity contribution < 1.29 is 4.79 Å². The number of aromatic amines is 1. The van der Waals surface area contributed by atoms with Gasteiger partial charge < -0.3 is 9.88 Å². The van der Waals surface area contributed by atoms with Gasteiger partial charge in [0.15, 0.2) is 5.11 Å².